The molecule has 0 fully saturated rings. The van der Waals surface area contributed by atoms with Crippen molar-refractivity contribution in [3.8, 4) is 39.4 Å². The van der Waals surface area contributed by atoms with Crippen LogP contribution in [0.4, 0.5) is 0 Å². The highest BCUT2D eigenvalue weighted by atomic mass is 16.3. The molecule has 0 aliphatic carbocycles. The van der Waals surface area contributed by atoms with Crippen molar-refractivity contribution >= 4 is 21.8 Å². The number of nitrogens with zero attached hydrogens (tertiary/aromatic N) is 3. The molecule has 6 aromatic rings. The molecule has 6 rings (SSSR count). The number of fused-ring (bicyclic) bond motifs is 2. The molecule has 5 heterocycles. The maximum atomic E-state index is 9.77. The Morgan fingerprint density at radius 1 is 0.800 bits per heavy atom. The van der Waals surface area contributed by atoms with E-state index in [9.17, 15) is 5.11 Å². The minimum atomic E-state index is 0.134. The topological polar surface area (TPSA) is 104 Å². The molecular formula is C23H15N5O2. The second-order valence-corrected chi connectivity index (χ2v) is 7.11. The number of rotatable bonds is 3. The van der Waals surface area contributed by atoms with E-state index in [1.54, 1.807) is 31.0 Å². The molecular weight excluding hydrogens is 378 g/mol. The van der Waals surface area contributed by atoms with E-state index < -0.39 is 0 Å². The summed E-state index contributed by atoms with van der Waals surface area (Å²) in [6, 6.07) is 11.7. The van der Waals surface area contributed by atoms with Gasteiger partial charge in [-0.25, -0.2) is 0 Å². The van der Waals surface area contributed by atoms with Crippen molar-refractivity contribution < 1.29 is 9.52 Å². The van der Waals surface area contributed by atoms with Crippen molar-refractivity contribution in [1.29, 1.82) is 0 Å². The summed E-state index contributed by atoms with van der Waals surface area (Å²) >= 11 is 0. The molecule has 144 valence electrons. The Morgan fingerprint density at radius 2 is 1.73 bits per heavy atom. The van der Waals surface area contributed by atoms with Gasteiger partial charge in [0.25, 0.3) is 0 Å². The Bertz CT molecular complexity index is 1510. The number of furan rings is 1. The van der Waals surface area contributed by atoms with Gasteiger partial charge in [-0.05, 0) is 35.9 Å². The number of aromatic nitrogens is 5. The summed E-state index contributed by atoms with van der Waals surface area (Å²) in [5, 5.41) is 19.4. The van der Waals surface area contributed by atoms with Gasteiger partial charge in [0.05, 0.1) is 41.6 Å². The largest absolute Gasteiger partial charge is 0.506 e. The van der Waals surface area contributed by atoms with Crippen LogP contribution in [0.5, 0.6) is 5.75 Å². The second kappa shape index (κ2) is 6.31. The van der Waals surface area contributed by atoms with Crippen molar-refractivity contribution in [2.75, 3.05) is 0 Å². The fourth-order valence-corrected chi connectivity index (χ4v) is 3.81. The maximum absolute atomic E-state index is 9.77. The van der Waals surface area contributed by atoms with E-state index in [0.29, 0.717) is 0 Å². The summed E-state index contributed by atoms with van der Waals surface area (Å²) in [5.74, 6) is 0.134. The number of hydrogen-bond donors (Lipinski definition) is 3. The quantitative estimate of drug-likeness (QED) is 0.386. The van der Waals surface area contributed by atoms with Gasteiger partial charge in [0.2, 0.25) is 0 Å². The van der Waals surface area contributed by atoms with E-state index in [2.05, 4.69) is 31.2 Å². The molecule has 0 aliphatic heterocycles. The number of pyridine rings is 2. The molecule has 0 aliphatic rings. The Balaban J connectivity index is 1.52. The van der Waals surface area contributed by atoms with E-state index in [4.69, 9.17) is 4.42 Å². The number of aromatic amines is 2. The summed E-state index contributed by atoms with van der Waals surface area (Å²) in [6.07, 6.45) is 10.2. The Morgan fingerprint density at radius 3 is 2.60 bits per heavy atom. The van der Waals surface area contributed by atoms with Crippen LogP contribution in [-0.2, 0) is 0 Å². The molecule has 7 heteroatoms. The van der Waals surface area contributed by atoms with Gasteiger partial charge < -0.3 is 14.5 Å². The van der Waals surface area contributed by atoms with Crippen LogP contribution < -0.4 is 0 Å². The predicted molar refractivity (Wildman–Crippen MR) is 114 cm³/mol. The molecule has 0 amide bonds. The Labute approximate surface area is 170 Å². The number of H-pyrrole nitrogens is 2. The van der Waals surface area contributed by atoms with Crippen molar-refractivity contribution in [3.63, 3.8) is 0 Å². The van der Waals surface area contributed by atoms with Crippen LogP contribution in [0, 0.1) is 0 Å². The zero-order chi connectivity index (χ0) is 20.1. The van der Waals surface area contributed by atoms with Gasteiger partial charge >= 0.3 is 0 Å². The third-order valence-corrected chi connectivity index (χ3v) is 5.25. The normalized spacial score (nSPS) is 11.5. The molecule has 3 N–H and O–H groups in total. The number of hydrogen-bond acceptors (Lipinski definition) is 5. The molecule has 0 saturated carbocycles. The van der Waals surface area contributed by atoms with E-state index in [1.807, 2.05) is 30.5 Å². The highest BCUT2D eigenvalue weighted by Crippen LogP contribution is 2.35. The standard InChI is InChI=1S/C23H15N5O2/c29-16-5-15(8-24-9-16)13-1-2-20-18(6-13)23(28-27-20)21-7-17-19(14-3-4-30-12-14)10-25-11-22(17)26-21/h1-12,26,29H,(H,27,28). The predicted octanol–water partition coefficient (Wildman–Crippen LogP) is 5.13. The van der Waals surface area contributed by atoms with Crippen LogP contribution in [0.1, 0.15) is 0 Å². The molecule has 0 unspecified atom stereocenters. The average Bonchev–Trinajstić information content (AvgIpc) is 3.51. The van der Waals surface area contributed by atoms with Crippen molar-refractivity contribution in [1.82, 2.24) is 25.1 Å². The third-order valence-electron chi connectivity index (χ3n) is 5.25. The van der Waals surface area contributed by atoms with Gasteiger partial charge in [-0.1, -0.05) is 6.07 Å². The fourth-order valence-electron chi connectivity index (χ4n) is 3.81. The molecule has 5 aromatic heterocycles. The van der Waals surface area contributed by atoms with E-state index in [0.717, 1.165) is 55.4 Å². The van der Waals surface area contributed by atoms with Crippen molar-refractivity contribution in [3.05, 3.63) is 73.7 Å². The van der Waals surface area contributed by atoms with Gasteiger partial charge in [-0.15, -0.1) is 0 Å². The summed E-state index contributed by atoms with van der Waals surface area (Å²) in [4.78, 5) is 11.9. The first-order valence-electron chi connectivity index (χ1n) is 9.38. The van der Waals surface area contributed by atoms with Gasteiger partial charge in [0, 0.05) is 39.9 Å². The molecule has 7 nitrogen and oxygen atoms in total. The third kappa shape index (κ3) is 2.56. The lowest BCUT2D eigenvalue weighted by molar-refractivity contribution is 0.473. The van der Waals surface area contributed by atoms with E-state index in [1.165, 1.54) is 6.20 Å². The van der Waals surface area contributed by atoms with Gasteiger partial charge in [0.1, 0.15) is 11.4 Å². The molecule has 0 atom stereocenters. The first kappa shape index (κ1) is 16.6. The SMILES string of the molecule is Oc1cncc(-c2ccc3[nH]nc(-c4cc5c(-c6ccoc6)cncc5[nH]4)c3c2)c1. The number of benzene rings is 1. The number of nitrogens with one attached hydrogen (secondary N) is 2. The summed E-state index contributed by atoms with van der Waals surface area (Å²) < 4.78 is 5.24. The molecule has 1 aromatic carbocycles. The minimum Gasteiger partial charge on any atom is -0.506 e. The summed E-state index contributed by atoms with van der Waals surface area (Å²) in [6.45, 7) is 0. The molecule has 0 bridgehead atoms. The molecule has 0 saturated heterocycles. The fraction of sp³-hybridized carbons (Fsp3) is 0. The lowest BCUT2D eigenvalue weighted by Crippen LogP contribution is -1.82. The molecule has 0 radical (unpaired) electrons. The van der Waals surface area contributed by atoms with Gasteiger partial charge in [0.15, 0.2) is 0 Å². The first-order chi connectivity index (χ1) is 14.8. The Hall–Kier alpha value is -4.39. The number of aromatic hydroxyl groups is 1. The van der Waals surface area contributed by atoms with Crippen LogP contribution in [0.2, 0.25) is 0 Å². The van der Waals surface area contributed by atoms with E-state index in [-0.39, 0.29) is 5.75 Å². The maximum Gasteiger partial charge on any atom is 0.134 e. The van der Waals surface area contributed by atoms with Crippen LogP contribution in [-0.4, -0.2) is 30.3 Å². The highest BCUT2D eigenvalue weighted by Gasteiger charge is 2.15. The summed E-state index contributed by atoms with van der Waals surface area (Å²) in [7, 11) is 0. The monoisotopic (exact) mass is 393 g/mol. The highest BCUT2D eigenvalue weighted by molar-refractivity contribution is 6.01. The van der Waals surface area contributed by atoms with Crippen LogP contribution in [0.15, 0.2) is 78.1 Å². The molecule has 30 heavy (non-hydrogen) atoms. The van der Waals surface area contributed by atoms with Gasteiger partial charge in [-0.3, -0.25) is 15.1 Å². The summed E-state index contributed by atoms with van der Waals surface area (Å²) in [5.41, 5.74) is 7.31. The van der Waals surface area contributed by atoms with E-state index >= 15 is 0 Å². The zero-order valence-electron chi connectivity index (χ0n) is 15.6. The Kier molecular flexibility index (Phi) is 3.48. The van der Waals surface area contributed by atoms with Gasteiger partial charge in [-0.2, -0.15) is 5.10 Å². The smallest absolute Gasteiger partial charge is 0.134 e. The van der Waals surface area contributed by atoms with Crippen LogP contribution in [0.3, 0.4) is 0 Å². The first-order valence-corrected chi connectivity index (χ1v) is 9.38. The van der Waals surface area contributed by atoms with Crippen LogP contribution >= 0.6 is 0 Å². The lowest BCUT2D eigenvalue weighted by Gasteiger charge is -2.02. The average molecular weight is 393 g/mol. The molecule has 0 spiro atoms. The lowest BCUT2D eigenvalue weighted by atomic mass is 10.0. The minimum absolute atomic E-state index is 0.134. The second-order valence-electron chi connectivity index (χ2n) is 7.11. The van der Waals surface area contributed by atoms with Crippen LogP contribution in [0.25, 0.3) is 55.4 Å². The van der Waals surface area contributed by atoms with Crippen molar-refractivity contribution in [2.24, 2.45) is 0 Å². The zero-order valence-corrected chi connectivity index (χ0v) is 15.6. The van der Waals surface area contributed by atoms with Crippen molar-refractivity contribution in [2.45, 2.75) is 0 Å².